The first-order valence-corrected chi connectivity index (χ1v) is 44.8. The molecule has 0 aliphatic rings. The summed E-state index contributed by atoms with van der Waals surface area (Å²) < 4.78 is 46.3. The van der Waals surface area contributed by atoms with E-state index in [1.165, 1.54) is 192 Å². The zero-order chi connectivity index (χ0) is 81.2. The van der Waals surface area contributed by atoms with E-state index in [1.807, 2.05) is 0 Å². The number of fused-ring (bicyclic) bond motifs is 1. The number of carbonyl (C=O) groups is 6. The van der Waals surface area contributed by atoms with Gasteiger partial charge in [0.2, 0.25) is 5.95 Å². The van der Waals surface area contributed by atoms with Gasteiger partial charge in [0, 0.05) is 96.0 Å². The molecular weight excluding hydrogens is 1440 g/mol. The first-order valence-electron chi connectivity index (χ1n) is 44.8. The molecule has 2 heterocycles. The third-order valence-corrected chi connectivity index (χ3v) is 20.4. The number of carboxylic acids is 1. The van der Waals surface area contributed by atoms with Crippen molar-refractivity contribution in [2.75, 3.05) is 110 Å². The Morgan fingerprint density at radius 2 is 0.823 bits per heavy atom. The van der Waals surface area contributed by atoms with Gasteiger partial charge >= 0.3 is 12.1 Å². The van der Waals surface area contributed by atoms with Crippen LogP contribution in [0.15, 0.2) is 35.3 Å². The maximum Gasteiger partial charge on any atom is 0.407 e. The lowest BCUT2D eigenvalue weighted by atomic mass is 10.0. The van der Waals surface area contributed by atoms with Crippen molar-refractivity contribution in [2.24, 2.45) is 0 Å². The van der Waals surface area contributed by atoms with Gasteiger partial charge in [-0.1, -0.05) is 219 Å². The Morgan fingerprint density at radius 1 is 0.442 bits per heavy atom. The molecule has 113 heavy (non-hydrogen) atoms. The molecule has 0 aliphatic carbocycles. The van der Waals surface area contributed by atoms with Crippen LogP contribution >= 0.6 is 0 Å². The van der Waals surface area contributed by atoms with Gasteiger partial charge in [-0.3, -0.25) is 29.0 Å². The lowest BCUT2D eigenvalue weighted by Crippen LogP contribution is -2.41. The van der Waals surface area contributed by atoms with Crippen molar-refractivity contribution in [3.05, 3.63) is 52.1 Å². The number of carbonyl (C=O) groups excluding carboxylic acids is 5. The van der Waals surface area contributed by atoms with Crippen molar-refractivity contribution in [2.45, 2.75) is 360 Å². The number of benzene rings is 1. The van der Waals surface area contributed by atoms with E-state index < -0.39 is 29.6 Å². The van der Waals surface area contributed by atoms with Gasteiger partial charge in [-0.15, -0.1) is 0 Å². The van der Waals surface area contributed by atoms with Crippen LogP contribution in [0.5, 0.6) is 0 Å². The Bertz CT molecular complexity index is 2890. The van der Waals surface area contributed by atoms with E-state index in [2.05, 4.69) is 49.7 Å². The molecule has 0 radical (unpaired) electrons. The van der Waals surface area contributed by atoms with Gasteiger partial charge in [0.1, 0.15) is 36.1 Å². The smallest absolute Gasteiger partial charge is 0.407 e. The van der Waals surface area contributed by atoms with Gasteiger partial charge in [0.25, 0.3) is 11.5 Å². The summed E-state index contributed by atoms with van der Waals surface area (Å²) in [5.74, 6) is -1.42. The monoisotopic (exact) mass is 1590 g/mol. The normalized spacial score (nSPS) is 12.0. The van der Waals surface area contributed by atoms with Crippen LogP contribution in [0.2, 0.25) is 0 Å². The number of amides is 2. The number of unbranched alkanes of at least 4 members (excludes halogenated alkanes) is 37. The van der Waals surface area contributed by atoms with Gasteiger partial charge in [0.15, 0.2) is 11.2 Å². The predicted molar refractivity (Wildman–Crippen MR) is 451 cm³/mol. The maximum absolute atomic E-state index is 12.9. The van der Waals surface area contributed by atoms with Gasteiger partial charge in [-0.05, 0) is 108 Å². The number of H-pyrrole nitrogens is 1. The summed E-state index contributed by atoms with van der Waals surface area (Å²) in [5.41, 5.74) is 6.61. The number of aliphatic carboxylic acids is 1. The molecule has 0 aliphatic heterocycles. The molecular formula is C89H154N8O16. The average Bonchev–Trinajstić information content (AvgIpc) is 0.812. The fraction of sp³-hybridized carbons (Fsp3) is 0.798. The molecule has 2 aromatic heterocycles. The van der Waals surface area contributed by atoms with Gasteiger partial charge in [-0.25, -0.2) is 19.6 Å². The predicted octanol–water partition coefficient (Wildman–Crippen LogP) is 18.9. The van der Waals surface area contributed by atoms with Crippen molar-refractivity contribution in [1.82, 2.24) is 30.6 Å². The Balaban J connectivity index is 1.05. The molecule has 0 bridgehead atoms. The van der Waals surface area contributed by atoms with E-state index in [0.717, 1.165) is 83.5 Å². The minimum absolute atomic E-state index is 0.0105. The second-order valence-electron chi connectivity index (χ2n) is 30.7. The number of rotatable bonds is 84. The number of aromatic nitrogens is 4. The molecule has 24 heteroatoms. The van der Waals surface area contributed by atoms with Crippen LogP contribution in [-0.2, 0) is 63.6 Å². The summed E-state index contributed by atoms with van der Waals surface area (Å²) in [6.07, 6.45) is 55.6. The molecule has 3 aromatic rings. The number of nitrogens with one attached hydrogen (secondary N) is 4. The number of ether oxygens (including phenoxy) is 8. The average molecular weight is 1590 g/mol. The summed E-state index contributed by atoms with van der Waals surface area (Å²) in [6, 6.07) is 5.14. The number of alkyl carbamates (subject to hydrolysis) is 1. The minimum atomic E-state index is -1.24. The first kappa shape index (κ1) is 101. The maximum atomic E-state index is 12.9. The van der Waals surface area contributed by atoms with Crippen LogP contribution in [0.1, 0.15) is 357 Å². The Morgan fingerprint density at radius 3 is 1.27 bits per heavy atom. The largest absolute Gasteiger partial charge is 0.480 e. The van der Waals surface area contributed by atoms with E-state index >= 15 is 0 Å². The number of Topliss-reactive ketones (excluding diaryl/α,β-unsaturated/α-hetero) is 3. The summed E-state index contributed by atoms with van der Waals surface area (Å²) in [6.45, 7) is 12.3. The molecule has 3 rings (SSSR count). The molecule has 0 saturated carbocycles. The number of nitrogen functional groups attached to an aromatic ring is 1. The third-order valence-electron chi connectivity index (χ3n) is 20.4. The van der Waals surface area contributed by atoms with Crippen LogP contribution < -0.4 is 27.2 Å². The van der Waals surface area contributed by atoms with Crippen molar-refractivity contribution in [1.29, 1.82) is 0 Å². The molecule has 24 nitrogen and oxygen atoms in total. The fourth-order valence-corrected chi connectivity index (χ4v) is 13.4. The molecule has 1 aromatic carbocycles. The second-order valence-corrected chi connectivity index (χ2v) is 30.7. The quantitative estimate of drug-likeness (QED) is 0.0286. The number of hydrogen-bond acceptors (Lipinski definition) is 20. The molecule has 7 N–H and O–H groups in total. The number of aromatic amines is 1. The van der Waals surface area contributed by atoms with Gasteiger partial charge in [-0.2, -0.15) is 4.98 Å². The fourth-order valence-electron chi connectivity index (χ4n) is 13.4. The summed E-state index contributed by atoms with van der Waals surface area (Å²) in [5, 5.41) is 18.3. The van der Waals surface area contributed by atoms with Crippen LogP contribution in [-0.4, -0.2) is 172 Å². The zero-order valence-corrected chi connectivity index (χ0v) is 70.4. The highest BCUT2D eigenvalue weighted by molar-refractivity contribution is 5.97. The summed E-state index contributed by atoms with van der Waals surface area (Å²) in [4.78, 5) is 102. The van der Waals surface area contributed by atoms with Crippen molar-refractivity contribution < 1.29 is 71.8 Å². The van der Waals surface area contributed by atoms with Gasteiger partial charge < -0.3 is 64.7 Å². The van der Waals surface area contributed by atoms with Gasteiger partial charge in [0.05, 0.1) is 64.7 Å². The SMILES string of the molecule is CCCCCCCCCCCCCCCCCCOC[C@@H](COC(=O)NCCCCCC(=O)CCCCOCCOCCCCCC(=O)CCCCOCCOCCOCCCCC(=O)CC[C@@H](NC(=O)c1ccc(NCc2cnc3nc(N)[nH]c(=O)c3n2)cc1)C(=O)O)OCCCCCCCCCCCCCCCCCC. The lowest BCUT2D eigenvalue weighted by Gasteiger charge is -2.18. The zero-order valence-electron chi connectivity index (χ0n) is 70.4. The minimum Gasteiger partial charge on any atom is -0.480 e. The molecule has 646 valence electrons. The third kappa shape index (κ3) is 60.2. The van der Waals surface area contributed by atoms with E-state index in [4.69, 9.17) is 43.6 Å². The van der Waals surface area contributed by atoms with Crippen LogP contribution in [0, 0.1) is 0 Å². The van der Waals surface area contributed by atoms with E-state index in [9.17, 15) is 38.7 Å². The highest BCUT2D eigenvalue weighted by Gasteiger charge is 2.22. The number of carboxylic acid groups (broad SMARTS) is 1. The standard InChI is InChI=1S/C89H154N8O16/c1-3-5-7-9-11-13-15-17-19-21-23-25-27-29-31-41-63-111-73-81(112-64-43-32-30-28-26-24-22-20-18-16-14-12-10-8-6-4-2)74-113-89(105)91-58-40-33-35-47-78(98)49-37-44-60-107-66-65-106-59-42-34-36-48-79(99)50-38-45-61-108-67-69-110-70-68-109-62-46-39-51-80(100)56-57-82(87(103)104)95-85(101)75-52-54-76(55-53-75)92-71-77-72-93-84-83(94-77)86(102)97-88(90)96-84/h52-55,72,81-82,92H,3-51,56-71,73-74H2,1-2H3,(H,91,105)(H,95,101)(H,103,104)(H3,90,93,96,97,102)/t81-,82+/m0/s1. The van der Waals surface area contributed by atoms with Crippen LogP contribution in [0.25, 0.3) is 11.2 Å². The summed E-state index contributed by atoms with van der Waals surface area (Å²) >= 11 is 0. The van der Waals surface area contributed by atoms with Crippen LogP contribution in [0.4, 0.5) is 16.4 Å². The van der Waals surface area contributed by atoms with E-state index in [0.29, 0.717) is 142 Å². The number of ketones is 3. The van der Waals surface area contributed by atoms with E-state index in [1.54, 1.807) is 24.3 Å². The van der Waals surface area contributed by atoms with Crippen molar-refractivity contribution in [3.63, 3.8) is 0 Å². The molecule has 2 amide bonds. The molecule has 0 unspecified atom stereocenters. The molecule has 0 spiro atoms. The Hall–Kier alpha value is -6.02. The van der Waals surface area contributed by atoms with Crippen molar-refractivity contribution in [3.8, 4) is 0 Å². The Kier molecular flexibility index (Phi) is 65.9. The van der Waals surface area contributed by atoms with Crippen molar-refractivity contribution >= 4 is 58.1 Å². The second kappa shape index (κ2) is 73.6. The molecule has 2 atom stereocenters. The number of nitrogens with two attached hydrogens (primary N) is 1. The number of hydrogen-bond donors (Lipinski definition) is 6. The lowest BCUT2D eigenvalue weighted by molar-refractivity contribution is -0.139. The molecule has 0 saturated heterocycles. The van der Waals surface area contributed by atoms with Crippen LogP contribution in [0.3, 0.4) is 0 Å². The van der Waals surface area contributed by atoms with E-state index in [-0.39, 0.29) is 78.5 Å². The Labute approximate surface area is 679 Å². The molecule has 0 fully saturated rings. The summed E-state index contributed by atoms with van der Waals surface area (Å²) in [7, 11) is 0. The first-order chi connectivity index (χ1) is 55.4. The number of anilines is 2. The highest BCUT2D eigenvalue weighted by Crippen LogP contribution is 2.19. The topological polar surface area (TPSA) is 330 Å². The number of nitrogens with zero attached hydrogens (tertiary/aromatic N) is 3. The highest BCUT2D eigenvalue weighted by atomic mass is 16.6.